The van der Waals surface area contributed by atoms with E-state index < -0.39 is 24.5 Å². The van der Waals surface area contributed by atoms with E-state index in [1.54, 1.807) is 19.1 Å². The van der Waals surface area contributed by atoms with E-state index in [4.69, 9.17) is 4.74 Å². The second-order valence-electron chi connectivity index (χ2n) is 4.30. The summed E-state index contributed by atoms with van der Waals surface area (Å²) in [6.07, 6.45) is -0.109. The number of rotatable bonds is 5. The zero-order chi connectivity index (χ0) is 14.7. The average molecular weight is 275 g/mol. The largest absolute Gasteiger partial charge is 0.443 e. The average Bonchev–Trinajstić information content (AvgIpc) is 2.69. The number of imide groups is 1. The molecule has 1 aromatic rings. The highest BCUT2D eigenvalue weighted by molar-refractivity contribution is 6.21. The summed E-state index contributed by atoms with van der Waals surface area (Å²) in [5.74, 6) is -1.99. The number of ketones is 1. The Bertz CT molecular complexity index is 558. The normalized spacial score (nSPS) is 13.3. The lowest BCUT2D eigenvalue weighted by molar-refractivity contribution is -0.148. The van der Waals surface area contributed by atoms with Crippen molar-refractivity contribution in [3.8, 4) is 0 Å². The Balaban J connectivity index is 1.99. The maximum Gasteiger partial charge on any atom is 0.315 e. The first kappa shape index (κ1) is 13.9. The summed E-state index contributed by atoms with van der Waals surface area (Å²) in [7, 11) is 0. The number of carbonyl (C=O) groups excluding carboxylic acids is 4. The third-order valence-corrected chi connectivity index (χ3v) is 2.97. The summed E-state index contributed by atoms with van der Waals surface area (Å²) in [5, 5.41) is 0. The highest BCUT2D eigenvalue weighted by Gasteiger charge is 2.35. The van der Waals surface area contributed by atoms with Gasteiger partial charge < -0.3 is 4.74 Å². The Morgan fingerprint density at radius 3 is 2.15 bits per heavy atom. The van der Waals surface area contributed by atoms with Crippen LogP contribution >= 0.6 is 0 Å². The van der Waals surface area contributed by atoms with Crippen LogP contribution in [-0.2, 0) is 14.3 Å². The van der Waals surface area contributed by atoms with E-state index in [-0.39, 0.29) is 29.8 Å². The number of hydrogen-bond donors (Lipinski definition) is 0. The lowest BCUT2D eigenvalue weighted by atomic mass is 10.1. The van der Waals surface area contributed by atoms with Crippen molar-refractivity contribution in [1.82, 2.24) is 4.90 Å². The molecule has 0 saturated heterocycles. The molecule has 0 atom stereocenters. The molecule has 0 aromatic heterocycles. The van der Waals surface area contributed by atoms with E-state index >= 15 is 0 Å². The Morgan fingerprint density at radius 2 is 1.65 bits per heavy atom. The molecule has 0 fully saturated rings. The zero-order valence-electron chi connectivity index (χ0n) is 10.9. The predicted molar refractivity (Wildman–Crippen MR) is 67.8 cm³/mol. The number of benzene rings is 1. The van der Waals surface area contributed by atoms with Gasteiger partial charge in [-0.1, -0.05) is 19.1 Å². The molecule has 20 heavy (non-hydrogen) atoms. The van der Waals surface area contributed by atoms with E-state index in [0.717, 1.165) is 4.90 Å². The molecule has 0 bridgehead atoms. The van der Waals surface area contributed by atoms with Crippen molar-refractivity contribution in [2.45, 2.75) is 19.8 Å². The van der Waals surface area contributed by atoms with Crippen LogP contribution in [-0.4, -0.2) is 35.2 Å². The van der Waals surface area contributed by atoms with Crippen molar-refractivity contribution >= 4 is 23.6 Å². The first-order valence-electron chi connectivity index (χ1n) is 6.17. The third-order valence-electron chi connectivity index (χ3n) is 2.97. The molecule has 0 radical (unpaired) electrons. The minimum absolute atomic E-state index is 0.238. The van der Waals surface area contributed by atoms with Gasteiger partial charge in [0.1, 0.15) is 12.2 Å². The van der Waals surface area contributed by atoms with Crippen molar-refractivity contribution in [2.24, 2.45) is 0 Å². The van der Waals surface area contributed by atoms with Crippen molar-refractivity contribution in [2.75, 3.05) is 6.73 Å². The topological polar surface area (TPSA) is 80.8 Å². The van der Waals surface area contributed by atoms with Gasteiger partial charge in [-0.15, -0.1) is 0 Å². The van der Waals surface area contributed by atoms with E-state index in [1.807, 2.05) is 0 Å². The van der Waals surface area contributed by atoms with Crippen molar-refractivity contribution in [1.29, 1.82) is 0 Å². The summed E-state index contributed by atoms with van der Waals surface area (Å²) in [5.41, 5.74) is 0.580. The standard InChI is InChI=1S/C14H13NO5/c1-2-9(16)7-12(17)20-8-15-13(18)10-5-3-4-6-11(10)14(15)19/h3-6H,2,7-8H2,1H3. The minimum atomic E-state index is -0.742. The number of amides is 2. The van der Waals surface area contributed by atoms with Gasteiger partial charge in [0.25, 0.3) is 11.8 Å². The number of carbonyl (C=O) groups is 4. The molecular weight excluding hydrogens is 262 g/mol. The third kappa shape index (κ3) is 2.59. The zero-order valence-corrected chi connectivity index (χ0v) is 10.9. The van der Waals surface area contributed by atoms with Crippen LogP contribution in [0.1, 0.15) is 40.5 Å². The summed E-state index contributed by atoms with van der Waals surface area (Å²) in [6.45, 7) is 1.17. The first-order chi connectivity index (χ1) is 9.54. The molecule has 0 N–H and O–H groups in total. The van der Waals surface area contributed by atoms with E-state index in [9.17, 15) is 19.2 Å². The summed E-state index contributed by atoms with van der Waals surface area (Å²) in [6, 6.07) is 6.38. The maximum atomic E-state index is 11.9. The predicted octanol–water partition coefficient (Wildman–Crippen LogP) is 1.15. The van der Waals surface area contributed by atoms with Crippen molar-refractivity contribution in [3.05, 3.63) is 35.4 Å². The molecule has 2 rings (SSSR count). The number of fused-ring (bicyclic) bond motifs is 1. The lowest BCUT2D eigenvalue weighted by Gasteiger charge is -2.13. The Hall–Kier alpha value is -2.50. The van der Waals surface area contributed by atoms with E-state index in [2.05, 4.69) is 0 Å². The molecule has 6 nitrogen and oxygen atoms in total. The van der Waals surface area contributed by atoms with Crippen molar-refractivity contribution < 1.29 is 23.9 Å². The van der Waals surface area contributed by atoms with Crippen LogP contribution in [0.15, 0.2) is 24.3 Å². The summed E-state index contributed by atoms with van der Waals surface area (Å²) >= 11 is 0. The Morgan fingerprint density at radius 1 is 1.10 bits per heavy atom. The van der Waals surface area contributed by atoms with Gasteiger partial charge in [0, 0.05) is 6.42 Å². The SMILES string of the molecule is CCC(=O)CC(=O)OCN1C(=O)c2ccccc2C1=O. The molecule has 0 aliphatic carbocycles. The highest BCUT2D eigenvalue weighted by Crippen LogP contribution is 2.22. The molecule has 2 amide bonds. The molecule has 0 saturated carbocycles. The van der Waals surface area contributed by atoms with Gasteiger partial charge in [0.2, 0.25) is 0 Å². The number of ether oxygens (including phenoxy) is 1. The molecule has 1 aliphatic rings. The Labute approximate surface area is 115 Å². The van der Waals surface area contributed by atoms with Gasteiger partial charge in [0.15, 0.2) is 6.73 Å². The first-order valence-corrected chi connectivity index (χ1v) is 6.17. The van der Waals surface area contributed by atoms with Gasteiger partial charge in [-0.25, -0.2) is 4.90 Å². The number of Topliss-reactive ketones (excluding diaryl/α,β-unsaturated/α-hetero) is 1. The van der Waals surface area contributed by atoms with Crippen LogP contribution in [0, 0.1) is 0 Å². The number of esters is 1. The van der Waals surface area contributed by atoms with Gasteiger partial charge >= 0.3 is 5.97 Å². The van der Waals surface area contributed by atoms with Crippen LogP contribution in [0.3, 0.4) is 0 Å². The highest BCUT2D eigenvalue weighted by atomic mass is 16.5. The smallest absolute Gasteiger partial charge is 0.315 e. The van der Waals surface area contributed by atoms with Gasteiger partial charge in [-0.2, -0.15) is 0 Å². The molecule has 1 aromatic carbocycles. The second kappa shape index (κ2) is 5.64. The van der Waals surface area contributed by atoms with Crippen LogP contribution in [0.4, 0.5) is 0 Å². The van der Waals surface area contributed by atoms with Crippen LogP contribution in [0.2, 0.25) is 0 Å². The summed E-state index contributed by atoms with van der Waals surface area (Å²) < 4.78 is 4.79. The summed E-state index contributed by atoms with van der Waals surface area (Å²) in [4.78, 5) is 47.2. The fraction of sp³-hybridized carbons (Fsp3) is 0.286. The molecule has 1 aliphatic heterocycles. The molecule has 0 spiro atoms. The monoisotopic (exact) mass is 275 g/mol. The van der Waals surface area contributed by atoms with E-state index in [1.165, 1.54) is 12.1 Å². The van der Waals surface area contributed by atoms with Gasteiger partial charge in [-0.3, -0.25) is 19.2 Å². The lowest BCUT2D eigenvalue weighted by Crippen LogP contribution is -2.33. The molecule has 104 valence electrons. The fourth-order valence-corrected chi connectivity index (χ4v) is 1.83. The quantitative estimate of drug-likeness (QED) is 0.457. The second-order valence-corrected chi connectivity index (χ2v) is 4.30. The van der Waals surface area contributed by atoms with Crippen LogP contribution in [0.5, 0.6) is 0 Å². The maximum absolute atomic E-state index is 11.9. The van der Waals surface area contributed by atoms with Crippen LogP contribution < -0.4 is 0 Å². The van der Waals surface area contributed by atoms with Gasteiger partial charge in [0.05, 0.1) is 11.1 Å². The fourth-order valence-electron chi connectivity index (χ4n) is 1.83. The minimum Gasteiger partial charge on any atom is -0.443 e. The van der Waals surface area contributed by atoms with Gasteiger partial charge in [-0.05, 0) is 12.1 Å². The molecule has 1 heterocycles. The van der Waals surface area contributed by atoms with Crippen molar-refractivity contribution in [3.63, 3.8) is 0 Å². The number of nitrogens with zero attached hydrogens (tertiary/aromatic N) is 1. The molecule has 6 heteroatoms. The molecule has 0 unspecified atom stereocenters. The van der Waals surface area contributed by atoms with E-state index in [0.29, 0.717) is 0 Å². The number of hydrogen-bond acceptors (Lipinski definition) is 5. The Kier molecular flexibility index (Phi) is 3.93. The molecular formula is C14H13NO5. The van der Waals surface area contributed by atoms with Crippen LogP contribution in [0.25, 0.3) is 0 Å².